The van der Waals surface area contributed by atoms with Gasteiger partial charge in [-0.1, -0.05) is 64.7 Å². The molecule has 5 heteroatoms. The molecular weight excluding hydrogens is 366 g/mol. The van der Waals surface area contributed by atoms with E-state index in [2.05, 4.69) is 6.92 Å². The average Bonchev–Trinajstić information content (AvgIpc) is 3.64. The molecule has 2 aliphatic rings. The third-order valence-electron chi connectivity index (χ3n) is 7.15. The fourth-order valence-electron chi connectivity index (χ4n) is 5.09. The monoisotopic (exact) mass is 409 g/mol. The van der Waals surface area contributed by atoms with Crippen molar-refractivity contribution in [3.63, 3.8) is 0 Å². The number of hydrogen-bond donors (Lipinski definition) is 1. The number of carbonyl (C=O) groups excluding carboxylic acids is 2. The van der Waals surface area contributed by atoms with Crippen molar-refractivity contribution in [3.8, 4) is 0 Å². The van der Waals surface area contributed by atoms with Crippen LogP contribution in [0, 0.1) is 16.7 Å². The second-order valence-electron chi connectivity index (χ2n) is 9.22. The summed E-state index contributed by atoms with van der Waals surface area (Å²) in [5.74, 6) is -0.301. The molecule has 2 rings (SSSR count). The molecule has 0 heterocycles. The van der Waals surface area contributed by atoms with Gasteiger partial charge in [-0.2, -0.15) is 0 Å². The molecule has 168 valence electrons. The van der Waals surface area contributed by atoms with Crippen molar-refractivity contribution in [1.29, 1.82) is 0 Å². The van der Waals surface area contributed by atoms with Crippen molar-refractivity contribution >= 4 is 11.9 Å². The maximum absolute atomic E-state index is 12.9. The zero-order chi connectivity index (χ0) is 21.3. The molecule has 0 aromatic rings. The molecule has 1 atom stereocenters. The minimum absolute atomic E-state index is 0.00676. The lowest BCUT2D eigenvalue weighted by Gasteiger charge is -2.34. The SMILES string of the molecule is CCCCCCCCCCCC(C1(C(=O)OCC)CC1)C1(C(=O)N(O)CC)CC1. The molecule has 2 saturated carbocycles. The standard InChI is InChI=1S/C24H43NO4/c1-4-7-8-9-10-11-12-13-14-15-20(24(18-19-24)22(27)29-6-3)23(16-17-23)21(26)25(28)5-2/h20,28H,4-19H2,1-3H3. The van der Waals surface area contributed by atoms with Gasteiger partial charge in [-0.25, -0.2) is 5.06 Å². The smallest absolute Gasteiger partial charge is 0.312 e. The highest BCUT2D eigenvalue weighted by Gasteiger charge is 2.69. The summed E-state index contributed by atoms with van der Waals surface area (Å²) in [5, 5.41) is 10.9. The lowest BCUT2D eigenvalue weighted by Crippen LogP contribution is -2.43. The van der Waals surface area contributed by atoms with Crippen molar-refractivity contribution in [2.75, 3.05) is 13.2 Å². The lowest BCUT2D eigenvalue weighted by molar-refractivity contribution is -0.176. The summed E-state index contributed by atoms with van der Waals surface area (Å²) < 4.78 is 5.40. The molecule has 0 aromatic heterocycles. The second kappa shape index (κ2) is 11.3. The zero-order valence-electron chi connectivity index (χ0n) is 19.0. The molecule has 2 fully saturated rings. The van der Waals surface area contributed by atoms with Crippen molar-refractivity contribution < 1.29 is 19.5 Å². The first-order valence-corrected chi connectivity index (χ1v) is 12.2. The van der Waals surface area contributed by atoms with E-state index in [4.69, 9.17) is 4.74 Å². The van der Waals surface area contributed by atoms with Gasteiger partial charge < -0.3 is 4.74 Å². The van der Waals surface area contributed by atoms with E-state index in [0.29, 0.717) is 6.61 Å². The van der Waals surface area contributed by atoms with Crippen LogP contribution in [-0.2, 0) is 14.3 Å². The third kappa shape index (κ3) is 5.96. The largest absolute Gasteiger partial charge is 0.466 e. The number of rotatable bonds is 16. The van der Waals surface area contributed by atoms with Gasteiger partial charge in [0.15, 0.2) is 0 Å². The van der Waals surface area contributed by atoms with Crippen LogP contribution in [0.1, 0.15) is 111 Å². The van der Waals surface area contributed by atoms with Crippen molar-refractivity contribution in [2.45, 2.75) is 111 Å². The second-order valence-corrected chi connectivity index (χ2v) is 9.22. The minimum Gasteiger partial charge on any atom is -0.466 e. The van der Waals surface area contributed by atoms with Gasteiger partial charge >= 0.3 is 5.97 Å². The molecule has 0 spiro atoms. The molecule has 0 aromatic carbocycles. The first-order chi connectivity index (χ1) is 14.0. The number of hydrogen-bond acceptors (Lipinski definition) is 4. The first kappa shape index (κ1) is 24.2. The highest BCUT2D eigenvalue weighted by atomic mass is 16.5. The van der Waals surface area contributed by atoms with E-state index in [-0.39, 0.29) is 24.3 Å². The molecule has 0 radical (unpaired) electrons. The van der Waals surface area contributed by atoms with Crippen molar-refractivity contribution in [3.05, 3.63) is 0 Å². The van der Waals surface area contributed by atoms with Gasteiger partial charge in [0.2, 0.25) is 0 Å². The molecule has 0 bridgehead atoms. The van der Waals surface area contributed by atoms with E-state index in [1.54, 1.807) is 6.92 Å². The molecule has 5 nitrogen and oxygen atoms in total. The first-order valence-electron chi connectivity index (χ1n) is 12.2. The molecule has 1 amide bonds. The third-order valence-corrected chi connectivity index (χ3v) is 7.15. The maximum atomic E-state index is 12.9. The Kier molecular flexibility index (Phi) is 9.45. The van der Waals surface area contributed by atoms with Crippen LogP contribution >= 0.6 is 0 Å². The van der Waals surface area contributed by atoms with Crippen LogP contribution < -0.4 is 0 Å². The van der Waals surface area contributed by atoms with Gasteiger partial charge in [-0.15, -0.1) is 0 Å². The Hall–Kier alpha value is -1.10. The Morgan fingerprint density at radius 2 is 1.38 bits per heavy atom. The number of nitrogens with zero attached hydrogens (tertiary/aromatic N) is 1. The zero-order valence-corrected chi connectivity index (χ0v) is 19.0. The van der Waals surface area contributed by atoms with E-state index in [0.717, 1.165) is 50.0 Å². The Morgan fingerprint density at radius 1 is 0.862 bits per heavy atom. The number of esters is 1. The highest BCUT2D eigenvalue weighted by Crippen LogP contribution is 2.67. The normalized spacial score (nSPS) is 19.4. The van der Waals surface area contributed by atoms with Gasteiger partial charge in [0.1, 0.15) is 0 Å². The van der Waals surface area contributed by atoms with Crippen LogP contribution in [0.25, 0.3) is 0 Å². The van der Waals surface area contributed by atoms with Crippen LogP contribution in [0.2, 0.25) is 0 Å². The molecule has 2 aliphatic carbocycles. The van der Waals surface area contributed by atoms with Gasteiger partial charge in [-0.3, -0.25) is 14.8 Å². The highest BCUT2D eigenvalue weighted by molar-refractivity contribution is 5.88. The summed E-state index contributed by atoms with van der Waals surface area (Å²) in [5.41, 5.74) is -1.04. The quantitative estimate of drug-likeness (QED) is 0.149. The summed E-state index contributed by atoms with van der Waals surface area (Å²) in [7, 11) is 0. The van der Waals surface area contributed by atoms with Crippen LogP contribution in [0.5, 0.6) is 0 Å². The van der Waals surface area contributed by atoms with Gasteiger partial charge in [0, 0.05) is 6.54 Å². The maximum Gasteiger partial charge on any atom is 0.312 e. The van der Waals surface area contributed by atoms with Crippen molar-refractivity contribution in [1.82, 2.24) is 5.06 Å². The summed E-state index contributed by atoms with van der Waals surface area (Å²) in [6.07, 6.45) is 15.4. The average molecular weight is 410 g/mol. The fraction of sp³-hybridized carbons (Fsp3) is 0.917. The molecule has 0 aliphatic heterocycles. The Labute approximate surface area is 177 Å². The van der Waals surface area contributed by atoms with Crippen LogP contribution in [0.15, 0.2) is 0 Å². The molecule has 1 N–H and O–H groups in total. The molecule has 29 heavy (non-hydrogen) atoms. The molecule has 0 saturated heterocycles. The van der Waals surface area contributed by atoms with E-state index in [1.165, 1.54) is 44.9 Å². The van der Waals surface area contributed by atoms with Gasteiger partial charge in [0.25, 0.3) is 5.91 Å². The number of ether oxygens (including phenoxy) is 1. The van der Waals surface area contributed by atoms with Gasteiger partial charge in [0.05, 0.1) is 17.4 Å². The predicted molar refractivity (Wildman–Crippen MR) is 114 cm³/mol. The summed E-state index contributed by atoms with van der Waals surface area (Å²) >= 11 is 0. The number of hydroxylamine groups is 2. The van der Waals surface area contributed by atoms with Gasteiger partial charge in [-0.05, 0) is 51.9 Å². The molecular formula is C24H43NO4. The van der Waals surface area contributed by atoms with Crippen LogP contribution in [0.3, 0.4) is 0 Å². The Bertz CT molecular complexity index is 525. The van der Waals surface area contributed by atoms with E-state index >= 15 is 0 Å². The predicted octanol–water partition coefficient (Wildman–Crippen LogP) is 5.88. The van der Waals surface area contributed by atoms with E-state index < -0.39 is 10.8 Å². The molecule has 1 unspecified atom stereocenters. The topological polar surface area (TPSA) is 66.8 Å². The summed E-state index contributed by atoms with van der Waals surface area (Å²) in [4.78, 5) is 25.7. The lowest BCUT2D eigenvalue weighted by atomic mass is 9.72. The number of amides is 1. The summed E-state index contributed by atoms with van der Waals surface area (Å²) in [6.45, 7) is 6.54. The Balaban J connectivity index is 1.92. The number of carbonyl (C=O) groups is 2. The summed E-state index contributed by atoms with van der Waals surface area (Å²) in [6, 6.07) is 0. The van der Waals surface area contributed by atoms with Crippen molar-refractivity contribution in [2.24, 2.45) is 16.7 Å². The van der Waals surface area contributed by atoms with Crippen LogP contribution in [-0.4, -0.2) is 35.3 Å². The van der Waals surface area contributed by atoms with E-state index in [9.17, 15) is 14.8 Å². The van der Waals surface area contributed by atoms with Crippen LogP contribution in [0.4, 0.5) is 0 Å². The number of unbranched alkanes of at least 4 members (excludes halogenated alkanes) is 8. The minimum atomic E-state index is -0.547. The fourth-order valence-corrected chi connectivity index (χ4v) is 5.09. The Morgan fingerprint density at radius 3 is 1.83 bits per heavy atom. The van der Waals surface area contributed by atoms with E-state index in [1.807, 2.05) is 6.92 Å².